The average molecular weight is 296 g/mol. The number of rotatable bonds is 3. The molecule has 104 valence electrons. The molecule has 4 heteroatoms. The van der Waals surface area contributed by atoms with Crippen LogP contribution in [0, 0.1) is 5.82 Å². The Hall–Kier alpha value is -2.46. The summed E-state index contributed by atoms with van der Waals surface area (Å²) in [7, 11) is 0. The Labute approximate surface area is 127 Å². The molecule has 0 aliphatic carbocycles. The van der Waals surface area contributed by atoms with Gasteiger partial charge in [0.1, 0.15) is 10.8 Å². The van der Waals surface area contributed by atoms with Crippen molar-refractivity contribution in [3.05, 3.63) is 72.0 Å². The number of thiocarbonyl (C=S) groups is 1. The number of anilines is 2. The van der Waals surface area contributed by atoms with Gasteiger partial charge in [-0.15, -0.1) is 0 Å². The molecule has 0 heterocycles. The lowest BCUT2D eigenvalue weighted by Gasteiger charge is -2.13. The van der Waals surface area contributed by atoms with Crippen LogP contribution < -0.4 is 11.1 Å². The van der Waals surface area contributed by atoms with E-state index in [-0.39, 0.29) is 10.8 Å². The molecule has 0 spiro atoms. The minimum atomic E-state index is -0.360. The maximum absolute atomic E-state index is 13.4. The Balaban J connectivity index is 2.09. The molecule has 21 heavy (non-hydrogen) atoms. The molecule has 3 N–H and O–H groups in total. The third kappa shape index (κ3) is 2.71. The first-order valence-corrected chi connectivity index (χ1v) is 6.90. The molecule has 3 aromatic carbocycles. The SMILES string of the molecule is NC(=S)c1cc(F)ccc1Nc1cccc2ccccc12. The molecule has 0 amide bonds. The number of fused-ring (bicyclic) bond motifs is 1. The monoisotopic (exact) mass is 296 g/mol. The van der Waals surface area contributed by atoms with E-state index in [1.54, 1.807) is 6.07 Å². The molecule has 3 aromatic rings. The van der Waals surface area contributed by atoms with Crippen LogP contribution in [0.4, 0.5) is 15.8 Å². The van der Waals surface area contributed by atoms with Gasteiger partial charge in [-0.2, -0.15) is 0 Å². The van der Waals surface area contributed by atoms with Gasteiger partial charge in [0.2, 0.25) is 0 Å². The van der Waals surface area contributed by atoms with Crippen LogP contribution in [-0.4, -0.2) is 4.99 Å². The van der Waals surface area contributed by atoms with E-state index >= 15 is 0 Å². The van der Waals surface area contributed by atoms with Crippen LogP contribution >= 0.6 is 12.2 Å². The number of nitrogens with one attached hydrogen (secondary N) is 1. The smallest absolute Gasteiger partial charge is 0.124 e. The van der Waals surface area contributed by atoms with Crippen LogP contribution in [-0.2, 0) is 0 Å². The molecule has 0 saturated heterocycles. The number of halogens is 1. The Morgan fingerprint density at radius 2 is 1.71 bits per heavy atom. The van der Waals surface area contributed by atoms with Crippen molar-refractivity contribution in [2.24, 2.45) is 5.73 Å². The molecule has 0 unspecified atom stereocenters. The van der Waals surface area contributed by atoms with Crippen LogP contribution in [0.2, 0.25) is 0 Å². The van der Waals surface area contributed by atoms with Crippen molar-refractivity contribution in [3.63, 3.8) is 0 Å². The Morgan fingerprint density at radius 3 is 2.52 bits per heavy atom. The largest absolute Gasteiger partial charge is 0.389 e. The summed E-state index contributed by atoms with van der Waals surface area (Å²) in [5, 5.41) is 5.50. The van der Waals surface area contributed by atoms with E-state index in [4.69, 9.17) is 18.0 Å². The summed E-state index contributed by atoms with van der Waals surface area (Å²) < 4.78 is 13.4. The van der Waals surface area contributed by atoms with Gasteiger partial charge in [0, 0.05) is 22.3 Å². The van der Waals surface area contributed by atoms with Gasteiger partial charge < -0.3 is 11.1 Å². The molecule has 0 bridgehead atoms. The van der Waals surface area contributed by atoms with Crippen molar-refractivity contribution in [2.75, 3.05) is 5.32 Å². The molecular formula is C17H13FN2S. The van der Waals surface area contributed by atoms with Gasteiger partial charge in [-0.05, 0) is 29.7 Å². The molecule has 0 saturated carbocycles. The third-order valence-corrected chi connectivity index (χ3v) is 3.53. The lowest BCUT2D eigenvalue weighted by Crippen LogP contribution is -2.12. The maximum Gasteiger partial charge on any atom is 0.124 e. The molecule has 0 radical (unpaired) electrons. The second kappa shape index (κ2) is 5.50. The third-order valence-electron chi connectivity index (χ3n) is 3.31. The fourth-order valence-corrected chi connectivity index (χ4v) is 2.48. The molecule has 0 aromatic heterocycles. The molecule has 0 atom stereocenters. The van der Waals surface area contributed by atoms with Gasteiger partial charge in [0.15, 0.2) is 0 Å². The van der Waals surface area contributed by atoms with Crippen molar-refractivity contribution in [1.29, 1.82) is 0 Å². The first kappa shape index (κ1) is 13.5. The van der Waals surface area contributed by atoms with Crippen molar-refractivity contribution < 1.29 is 4.39 Å². The van der Waals surface area contributed by atoms with E-state index in [1.165, 1.54) is 12.1 Å². The lowest BCUT2D eigenvalue weighted by molar-refractivity contribution is 0.628. The van der Waals surface area contributed by atoms with Gasteiger partial charge >= 0.3 is 0 Å². The summed E-state index contributed by atoms with van der Waals surface area (Å²) in [5.74, 6) is -0.360. The van der Waals surface area contributed by atoms with Crippen molar-refractivity contribution in [2.45, 2.75) is 0 Å². The van der Waals surface area contributed by atoms with E-state index in [2.05, 4.69) is 5.32 Å². The first-order valence-electron chi connectivity index (χ1n) is 6.49. The van der Waals surface area contributed by atoms with E-state index in [0.29, 0.717) is 11.3 Å². The summed E-state index contributed by atoms with van der Waals surface area (Å²) in [5.41, 5.74) is 7.80. The van der Waals surface area contributed by atoms with Crippen LogP contribution in [0.3, 0.4) is 0 Å². The molecule has 3 rings (SSSR count). The molecule has 0 fully saturated rings. The highest BCUT2D eigenvalue weighted by atomic mass is 32.1. The average Bonchev–Trinajstić information content (AvgIpc) is 2.49. The highest BCUT2D eigenvalue weighted by molar-refractivity contribution is 7.80. The van der Waals surface area contributed by atoms with Gasteiger partial charge in [0.05, 0.1) is 0 Å². The predicted octanol–water partition coefficient (Wildman–Crippen LogP) is 4.36. The van der Waals surface area contributed by atoms with Crippen molar-refractivity contribution in [1.82, 2.24) is 0 Å². The topological polar surface area (TPSA) is 38.0 Å². The molecule has 0 aliphatic heterocycles. The lowest BCUT2D eigenvalue weighted by atomic mass is 10.1. The fourth-order valence-electron chi connectivity index (χ4n) is 2.31. The second-order valence-electron chi connectivity index (χ2n) is 4.71. The van der Waals surface area contributed by atoms with Crippen molar-refractivity contribution >= 4 is 39.4 Å². The number of hydrogen-bond acceptors (Lipinski definition) is 2. The zero-order valence-electron chi connectivity index (χ0n) is 11.1. The van der Waals surface area contributed by atoms with E-state index in [1.807, 2.05) is 42.5 Å². The number of nitrogens with two attached hydrogens (primary N) is 1. The summed E-state index contributed by atoms with van der Waals surface area (Å²) in [6.07, 6.45) is 0. The van der Waals surface area contributed by atoms with Gasteiger partial charge in [-0.1, -0.05) is 48.6 Å². The Morgan fingerprint density at radius 1 is 0.952 bits per heavy atom. The summed E-state index contributed by atoms with van der Waals surface area (Å²) in [6.45, 7) is 0. The number of benzene rings is 3. The molecule has 2 nitrogen and oxygen atoms in total. The molecular weight excluding hydrogens is 283 g/mol. The standard InChI is InChI=1S/C17H13FN2S/c18-12-8-9-16(14(10-12)17(19)21)20-15-7-3-5-11-4-1-2-6-13(11)15/h1-10,20H,(H2,19,21). The summed E-state index contributed by atoms with van der Waals surface area (Å²) in [4.78, 5) is 0.164. The highest BCUT2D eigenvalue weighted by Crippen LogP contribution is 2.28. The summed E-state index contributed by atoms with van der Waals surface area (Å²) >= 11 is 4.99. The van der Waals surface area contributed by atoms with Crippen LogP contribution in [0.25, 0.3) is 10.8 Å². The minimum absolute atomic E-state index is 0.164. The zero-order valence-corrected chi connectivity index (χ0v) is 12.0. The predicted molar refractivity (Wildman–Crippen MR) is 89.5 cm³/mol. The fraction of sp³-hybridized carbons (Fsp3) is 0. The quantitative estimate of drug-likeness (QED) is 0.705. The van der Waals surface area contributed by atoms with E-state index in [9.17, 15) is 4.39 Å². The zero-order chi connectivity index (χ0) is 14.8. The van der Waals surface area contributed by atoms with Gasteiger partial charge in [0.25, 0.3) is 0 Å². The highest BCUT2D eigenvalue weighted by Gasteiger charge is 2.08. The minimum Gasteiger partial charge on any atom is -0.389 e. The molecule has 0 aliphatic rings. The Bertz CT molecular complexity index is 825. The first-order chi connectivity index (χ1) is 10.1. The number of hydrogen-bond donors (Lipinski definition) is 2. The van der Waals surface area contributed by atoms with Crippen molar-refractivity contribution in [3.8, 4) is 0 Å². The van der Waals surface area contributed by atoms with Gasteiger partial charge in [-0.25, -0.2) is 4.39 Å². The van der Waals surface area contributed by atoms with Crippen LogP contribution in [0.5, 0.6) is 0 Å². The van der Waals surface area contributed by atoms with E-state index in [0.717, 1.165) is 16.5 Å². The summed E-state index contributed by atoms with van der Waals surface area (Å²) in [6, 6.07) is 18.4. The van der Waals surface area contributed by atoms with Gasteiger partial charge in [-0.3, -0.25) is 0 Å². The maximum atomic E-state index is 13.4. The van der Waals surface area contributed by atoms with Crippen LogP contribution in [0.1, 0.15) is 5.56 Å². The Kier molecular flexibility index (Phi) is 3.54. The van der Waals surface area contributed by atoms with Crippen LogP contribution in [0.15, 0.2) is 60.7 Å². The van der Waals surface area contributed by atoms with E-state index < -0.39 is 0 Å². The normalized spacial score (nSPS) is 10.5. The second-order valence-corrected chi connectivity index (χ2v) is 5.15.